The molecule has 2 atom stereocenters. The minimum Gasteiger partial charge on any atom is -0.507 e. The molecule has 12 nitrogen and oxygen atoms in total. The Balaban J connectivity index is 2.24. The SMILES string of the molecule is C=[N+]=C(NC(CCCN)C(=O)Nc1ccc(O)c(C=O)c1)c1cc(NC(=O)C(N)CCCN)ccc1O. The summed E-state index contributed by atoms with van der Waals surface area (Å²) in [5.74, 6) is -1.15. The number of benzene rings is 2. The summed E-state index contributed by atoms with van der Waals surface area (Å²) < 4.78 is 3.94. The van der Waals surface area contributed by atoms with Gasteiger partial charge in [0, 0.05) is 11.4 Å². The van der Waals surface area contributed by atoms with Gasteiger partial charge in [0.25, 0.3) is 5.91 Å². The average Bonchev–Trinajstić information content (AvgIpc) is 2.89. The molecule has 12 heteroatoms. The van der Waals surface area contributed by atoms with Crippen molar-refractivity contribution in [3.05, 3.63) is 47.5 Å². The van der Waals surface area contributed by atoms with E-state index in [-0.39, 0.29) is 28.5 Å². The maximum absolute atomic E-state index is 13.1. The molecule has 0 aliphatic carbocycles. The van der Waals surface area contributed by atoms with E-state index < -0.39 is 23.9 Å². The number of phenolic OH excluding ortho intramolecular Hbond substituents is 2. The number of amidine groups is 1. The fourth-order valence-electron chi connectivity index (χ4n) is 3.43. The van der Waals surface area contributed by atoms with Gasteiger partial charge in [-0.05, 0) is 75.2 Å². The second-order valence-electron chi connectivity index (χ2n) is 8.27. The van der Waals surface area contributed by atoms with Gasteiger partial charge >= 0.3 is 5.84 Å². The lowest BCUT2D eigenvalue weighted by Gasteiger charge is -2.16. The van der Waals surface area contributed by atoms with Gasteiger partial charge in [-0.3, -0.25) is 14.4 Å². The highest BCUT2D eigenvalue weighted by atomic mass is 16.3. The molecule has 0 saturated heterocycles. The second-order valence-corrected chi connectivity index (χ2v) is 8.27. The molecule has 0 spiro atoms. The Bertz CT molecular complexity index is 1160. The molecule has 37 heavy (non-hydrogen) atoms. The number of phenols is 2. The molecule has 0 radical (unpaired) electrons. The van der Waals surface area contributed by atoms with Crippen molar-refractivity contribution in [1.29, 1.82) is 0 Å². The molecule has 2 rings (SSSR count). The van der Waals surface area contributed by atoms with E-state index in [0.717, 1.165) is 0 Å². The van der Waals surface area contributed by atoms with E-state index in [9.17, 15) is 24.6 Å². The first-order valence-electron chi connectivity index (χ1n) is 11.7. The summed E-state index contributed by atoms with van der Waals surface area (Å²) in [6, 6.07) is 6.85. The van der Waals surface area contributed by atoms with E-state index in [0.29, 0.717) is 56.4 Å². The van der Waals surface area contributed by atoms with Gasteiger partial charge in [-0.2, -0.15) is 0 Å². The fourth-order valence-corrected chi connectivity index (χ4v) is 3.43. The number of carbonyl (C=O) groups is 3. The van der Waals surface area contributed by atoms with Crippen molar-refractivity contribution in [3.8, 4) is 11.5 Å². The first kappa shape index (κ1) is 29.0. The topological polar surface area (TPSA) is 220 Å². The van der Waals surface area contributed by atoms with Crippen LogP contribution in [-0.4, -0.2) is 66.0 Å². The van der Waals surface area contributed by atoms with E-state index in [1.165, 1.54) is 36.4 Å². The molecule has 11 N–H and O–H groups in total. The summed E-state index contributed by atoms with van der Waals surface area (Å²) in [6.07, 6.45) is 2.31. The number of nitrogens with one attached hydrogen (secondary N) is 3. The van der Waals surface area contributed by atoms with Gasteiger partial charge in [0.1, 0.15) is 17.1 Å². The lowest BCUT2D eigenvalue weighted by Crippen LogP contribution is -2.45. The van der Waals surface area contributed by atoms with Crippen LogP contribution in [0.2, 0.25) is 0 Å². The van der Waals surface area contributed by atoms with Gasteiger partial charge in [0.2, 0.25) is 5.91 Å². The summed E-state index contributed by atoms with van der Waals surface area (Å²) in [4.78, 5) is 36.5. The lowest BCUT2D eigenvalue weighted by atomic mass is 10.1. The highest BCUT2D eigenvalue weighted by Crippen LogP contribution is 2.23. The zero-order valence-corrected chi connectivity index (χ0v) is 20.4. The second kappa shape index (κ2) is 14.4. The monoisotopic (exact) mass is 512 g/mol. The summed E-state index contributed by atoms with van der Waals surface area (Å²) in [5, 5.41) is 28.5. The predicted molar refractivity (Wildman–Crippen MR) is 144 cm³/mol. The van der Waals surface area contributed by atoms with E-state index in [4.69, 9.17) is 17.2 Å². The molecule has 0 fully saturated rings. The van der Waals surface area contributed by atoms with Gasteiger partial charge in [-0.1, -0.05) is 0 Å². The van der Waals surface area contributed by atoms with Crippen molar-refractivity contribution in [2.75, 3.05) is 23.7 Å². The van der Waals surface area contributed by atoms with Crippen molar-refractivity contribution in [2.45, 2.75) is 37.8 Å². The quantitative estimate of drug-likeness (QED) is 0.0583. The molecule has 2 aromatic rings. The molecule has 0 aromatic heterocycles. The standard InChI is InChI=1S/C25H33N7O5/c1-29-23(18-13-17(7-9-22(18)35)30-24(36)19(28)4-2-10-26)32-20(5-3-11-27)25(37)31-16-6-8-21(34)15(12-16)14-33/h6-9,12-14,19-20H,1-5,10-11,26-28H2,(H4,30,31,32,33,34,35,36,37)/p+1. The van der Waals surface area contributed by atoms with Crippen LogP contribution in [0.5, 0.6) is 11.5 Å². The molecule has 2 amide bonds. The van der Waals surface area contributed by atoms with Gasteiger partial charge in [0.15, 0.2) is 19.0 Å². The van der Waals surface area contributed by atoms with Gasteiger partial charge < -0.3 is 38.0 Å². The van der Waals surface area contributed by atoms with Crippen molar-refractivity contribution in [2.24, 2.45) is 17.2 Å². The molecule has 2 unspecified atom stereocenters. The van der Waals surface area contributed by atoms with E-state index in [1.807, 2.05) is 0 Å². The van der Waals surface area contributed by atoms with Crippen LogP contribution in [-0.2, 0) is 9.59 Å². The molecule has 2 aromatic carbocycles. The van der Waals surface area contributed by atoms with Crippen LogP contribution in [0.4, 0.5) is 11.4 Å². The Morgan fingerprint density at radius 3 is 2.16 bits per heavy atom. The van der Waals surface area contributed by atoms with Gasteiger partial charge in [-0.25, -0.2) is 9.98 Å². The van der Waals surface area contributed by atoms with Crippen molar-refractivity contribution < 1.29 is 24.6 Å². The third kappa shape index (κ3) is 8.44. The fraction of sp³-hybridized carbons (Fsp3) is 0.320. The third-order valence-electron chi connectivity index (χ3n) is 5.48. The summed E-state index contributed by atoms with van der Waals surface area (Å²) in [5.41, 5.74) is 17.9. The zero-order valence-electron chi connectivity index (χ0n) is 20.4. The summed E-state index contributed by atoms with van der Waals surface area (Å²) in [6.45, 7) is 4.28. The van der Waals surface area contributed by atoms with E-state index >= 15 is 0 Å². The Morgan fingerprint density at radius 1 is 0.946 bits per heavy atom. The number of aldehydes is 1. The van der Waals surface area contributed by atoms with Crippen LogP contribution < -0.4 is 37.8 Å². The number of carbonyl (C=O) groups excluding carboxylic acids is 3. The molecule has 0 aliphatic rings. The Morgan fingerprint density at radius 2 is 1.54 bits per heavy atom. The van der Waals surface area contributed by atoms with Crippen LogP contribution >= 0.6 is 0 Å². The number of aromatic hydroxyl groups is 2. The minimum absolute atomic E-state index is 0.0239. The molecule has 198 valence electrons. The minimum atomic E-state index is -0.847. The number of hydrogen-bond donors (Lipinski definition) is 8. The smallest absolute Gasteiger partial charge is 0.378 e. The maximum Gasteiger partial charge on any atom is 0.378 e. The van der Waals surface area contributed by atoms with E-state index in [2.05, 4.69) is 27.3 Å². The van der Waals surface area contributed by atoms with Crippen LogP contribution in [0.15, 0.2) is 36.4 Å². The molecular weight excluding hydrogens is 478 g/mol. The Labute approximate surface area is 214 Å². The van der Waals surface area contributed by atoms with Crippen LogP contribution in [0.3, 0.4) is 0 Å². The maximum atomic E-state index is 13.1. The summed E-state index contributed by atoms with van der Waals surface area (Å²) in [7, 11) is 0. The molecule has 0 aliphatic heterocycles. The van der Waals surface area contributed by atoms with Crippen LogP contribution in [0.1, 0.15) is 41.6 Å². The number of nitrogens with zero attached hydrogens (tertiary/aromatic N) is 1. The molecule has 0 bridgehead atoms. The first-order chi connectivity index (χ1) is 17.7. The molecule has 0 saturated carbocycles. The van der Waals surface area contributed by atoms with Crippen molar-refractivity contribution >= 4 is 42.0 Å². The largest absolute Gasteiger partial charge is 0.507 e. The normalized spacial score (nSPS) is 12.1. The van der Waals surface area contributed by atoms with Crippen LogP contribution in [0, 0.1) is 0 Å². The zero-order chi connectivity index (χ0) is 27.4. The van der Waals surface area contributed by atoms with Crippen molar-refractivity contribution in [1.82, 2.24) is 9.98 Å². The van der Waals surface area contributed by atoms with Crippen LogP contribution in [0.25, 0.3) is 0 Å². The van der Waals surface area contributed by atoms with Gasteiger partial charge in [-0.15, -0.1) is 0 Å². The highest BCUT2D eigenvalue weighted by molar-refractivity contribution is 6.06. The number of amides is 2. The highest BCUT2D eigenvalue weighted by Gasteiger charge is 2.28. The molecular formula is C25H34N7O5+. The molecule has 0 heterocycles. The summed E-state index contributed by atoms with van der Waals surface area (Å²) >= 11 is 0. The lowest BCUT2D eigenvalue weighted by molar-refractivity contribution is -0.118. The number of anilines is 2. The van der Waals surface area contributed by atoms with Gasteiger partial charge in [0.05, 0.1) is 11.6 Å². The number of hydrogen-bond acceptors (Lipinski definition) is 8. The number of rotatable bonds is 13. The first-order valence-corrected chi connectivity index (χ1v) is 11.7. The number of nitrogens with two attached hydrogens (primary N) is 3. The van der Waals surface area contributed by atoms with Crippen molar-refractivity contribution in [3.63, 3.8) is 0 Å². The average molecular weight is 513 g/mol. The third-order valence-corrected chi connectivity index (χ3v) is 5.48. The van der Waals surface area contributed by atoms with E-state index in [1.54, 1.807) is 0 Å². The Kier molecular flexibility index (Phi) is 11.3. The predicted octanol–water partition coefficient (Wildman–Crippen LogP) is -0.235. The Hall–Kier alpha value is -4.22.